The van der Waals surface area contributed by atoms with E-state index in [0.717, 1.165) is 51.7 Å². The number of benzene rings is 3. The molecule has 0 saturated heterocycles. The number of hydrogen-bond donors (Lipinski definition) is 2. The van der Waals surface area contributed by atoms with E-state index < -0.39 is 58.6 Å². The fourth-order valence-electron chi connectivity index (χ4n) is 6.27. The summed E-state index contributed by atoms with van der Waals surface area (Å²) >= 11 is 0. The molecule has 2 heterocycles. The zero-order chi connectivity index (χ0) is 39.1. The summed E-state index contributed by atoms with van der Waals surface area (Å²) in [6.45, 7) is 6.90. The van der Waals surface area contributed by atoms with E-state index in [1.807, 2.05) is 6.92 Å². The first-order valence-corrected chi connectivity index (χ1v) is 16.9. The minimum absolute atomic E-state index is 0.101. The van der Waals surface area contributed by atoms with E-state index in [1.54, 1.807) is 32.9 Å². The first kappa shape index (κ1) is 37.8. The van der Waals surface area contributed by atoms with Crippen LogP contribution < -0.4 is 10.6 Å². The van der Waals surface area contributed by atoms with Gasteiger partial charge in [0, 0.05) is 19.0 Å². The van der Waals surface area contributed by atoms with E-state index in [4.69, 9.17) is 4.74 Å². The number of ether oxygens (including phenoxy) is 1. The highest BCUT2D eigenvalue weighted by Crippen LogP contribution is 2.35. The van der Waals surface area contributed by atoms with E-state index in [-0.39, 0.29) is 46.7 Å². The molecule has 0 radical (unpaired) electrons. The lowest BCUT2D eigenvalue weighted by molar-refractivity contribution is -0.137. The Bertz CT molecular complexity index is 2310. The smallest absolute Gasteiger partial charge is 0.416 e. The molecule has 2 N–H and O–H groups in total. The fourth-order valence-corrected chi connectivity index (χ4v) is 6.27. The molecule has 3 aromatic carbocycles. The van der Waals surface area contributed by atoms with Crippen molar-refractivity contribution in [1.29, 1.82) is 0 Å². The van der Waals surface area contributed by atoms with Crippen LogP contribution in [-0.4, -0.2) is 43.8 Å². The van der Waals surface area contributed by atoms with Gasteiger partial charge >= 0.3 is 12.1 Å². The van der Waals surface area contributed by atoms with Crippen LogP contribution in [0.5, 0.6) is 0 Å². The number of aromatic nitrogens is 3. The summed E-state index contributed by atoms with van der Waals surface area (Å²) in [6, 6.07) is 11.2. The Kier molecular flexibility index (Phi) is 10.1. The fraction of sp³-hybridized carbons (Fsp3) is 0.282. The van der Waals surface area contributed by atoms with Crippen molar-refractivity contribution in [2.45, 2.75) is 71.3 Å². The average molecular weight is 748 g/mol. The Morgan fingerprint density at radius 3 is 2.26 bits per heavy atom. The van der Waals surface area contributed by atoms with Gasteiger partial charge in [-0.05, 0) is 98.7 Å². The van der Waals surface area contributed by atoms with Crippen molar-refractivity contribution in [2.75, 3.05) is 0 Å². The molecule has 5 aromatic rings. The second kappa shape index (κ2) is 14.4. The summed E-state index contributed by atoms with van der Waals surface area (Å²) in [5, 5.41) is 9.72. The van der Waals surface area contributed by atoms with Crippen LogP contribution in [0, 0.1) is 18.6 Å². The molecule has 0 spiro atoms. The minimum atomic E-state index is -4.56. The molecule has 0 bridgehead atoms. The molecule has 280 valence electrons. The lowest BCUT2D eigenvalue weighted by atomic mass is 9.97. The monoisotopic (exact) mass is 747 g/mol. The van der Waals surface area contributed by atoms with Crippen LogP contribution in [0.25, 0.3) is 5.65 Å². The molecular weight excluding hydrogens is 713 g/mol. The Morgan fingerprint density at radius 1 is 0.889 bits per heavy atom. The highest BCUT2D eigenvalue weighted by Gasteiger charge is 2.32. The third-order valence-electron chi connectivity index (χ3n) is 8.94. The number of alkyl halides is 3. The highest BCUT2D eigenvalue weighted by molar-refractivity contribution is 6.04. The molecule has 1 aliphatic rings. The number of esters is 1. The van der Waals surface area contributed by atoms with E-state index in [1.165, 1.54) is 24.3 Å². The molecule has 1 atom stereocenters. The summed E-state index contributed by atoms with van der Waals surface area (Å²) in [4.78, 5) is 58.1. The van der Waals surface area contributed by atoms with Gasteiger partial charge in [-0.2, -0.15) is 18.3 Å². The third kappa shape index (κ3) is 7.99. The van der Waals surface area contributed by atoms with Crippen LogP contribution in [0.1, 0.15) is 108 Å². The molecule has 54 heavy (non-hydrogen) atoms. The van der Waals surface area contributed by atoms with Crippen molar-refractivity contribution < 1.29 is 45.9 Å². The molecule has 1 aliphatic carbocycles. The first-order chi connectivity index (χ1) is 25.4. The van der Waals surface area contributed by atoms with Gasteiger partial charge in [0.1, 0.15) is 17.0 Å². The number of Topliss-reactive ketones (excluding diaryl/α,β-unsaturated/α-hetero) is 1. The lowest BCUT2D eigenvalue weighted by Crippen LogP contribution is -2.31. The van der Waals surface area contributed by atoms with Crippen LogP contribution in [0.15, 0.2) is 66.9 Å². The molecule has 2 aromatic heterocycles. The van der Waals surface area contributed by atoms with Crippen LogP contribution in [0.3, 0.4) is 0 Å². The standard InChI is InChI=1S/C39H34F5N5O5/c1-20-24-12-14-30(26(24)11-10-25(20)37(53)54-38(2,3)4)48-36(52)32-17-31(35(51)45-18-22-7-13-28(40)29(41)15-22)47-34-27(19-46-49(32)34)33(50)16-21-5-8-23(9-6-21)39(42,43)44/h5-11,13,15,17,19,30H,12,14,16,18H2,1-4H3,(H,45,51)(H,48,52)/t30-/m0/s1. The predicted octanol–water partition coefficient (Wildman–Crippen LogP) is 7.06. The maximum atomic E-state index is 14.0. The van der Waals surface area contributed by atoms with Gasteiger partial charge in [0.2, 0.25) is 0 Å². The summed E-state index contributed by atoms with van der Waals surface area (Å²) < 4.78 is 73.1. The topological polar surface area (TPSA) is 132 Å². The molecule has 15 heteroatoms. The summed E-state index contributed by atoms with van der Waals surface area (Å²) in [5.41, 5.74) is 1.02. The van der Waals surface area contributed by atoms with E-state index in [9.17, 15) is 41.1 Å². The number of nitrogens with zero attached hydrogens (tertiary/aromatic N) is 3. The summed E-state index contributed by atoms with van der Waals surface area (Å²) in [6.07, 6.45) is -2.70. The molecule has 0 aliphatic heterocycles. The van der Waals surface area contributed by atoms with Gasteiger partial charge < -0.3 is 15.4 Å². The van der Waals surface area contributed by atoms with Crippen LogP contribution in [-0.2, 0) is 30.3 Å². The van der Waals surface area contributed by atoms with Crippen molar-refractivity contribution >= 4 is 29.2 Å². The number of carbonyl (C=O) groups excluding carboxylic acids is 4. The quantitative estimate of drug-likeness (QED) is 0.0938. The van der Waals surface area contributed by atoms with Crippen LogP contribution in [0.2, 0.25) is 0 Å². The average Bonchev–Trinajstić information content (AvgIpc) is 3.72. The van der Waals surface area contributed by atoms with Crippen molar-refractivity contribution in [2.24, 2.45) is 0 Å². The predicted molar refractivity (Wildman–Crippen MR) is 185 cm³/mol. The molecule has 0 unspecified atom stereocenters. The van der Waals surface area contributed by atoms with Gasteiger partial charge in [-0.15, -0.1) is 0 Å². The molecule has 10 nitrogen and oxygen atoms in total. The number of ketones is 1. The largest absolute Gasteiger partial charge is 0.456 e. The number of amides is 2. The van der Waals surface area contributed by atoms with Gasteiger partial charge in [0.25, 0.3) is 11.8 Å². The maximum Gasteiger partial charge on any atom is 0.416 e. The number of nitrogens with one attached hydrogen (secondary N) is 2. The Hall–Kier alpha value is -5.99. The minimum Gasteiger partial charge on any atom is -0.456 e. The number of halogens is 5. The maximum absolute atomic E-state index is 14.0. The SMILES string of the molecule is Cc1c(C(=O)OC(C)(C)C)ccc2c1CC[C@@H]2NC(=O)c1cc(C(=O)NCc2ccc(F)c(F)c2)nc2c(C(=O)Cc3ccc(C(F)(F)F)cc3)cnn12. The van der Waals surface area contributed by atoms with E-state index in [2.05, 4.69) is 20.7 Å². The molecule has 2 amide bonds. The molecular formula is C39H34F5N5O5. The van der Waals surface area contributed by atoms with Gasteiger partial charge in [0.15, 0.2) is 23.1 Å². The first-order valence-electron chi connectivity index (χ1n) is 16.9. The van der Waals surface area contributed by atoms with E-state index >= 15 is 0 Å². The molecule has 6 rings (SSSR count). The number of hydrogen-bond acceptors (Lipinski definition) is 7. The normalized spacial score (nSPS) is 14.1. The van der Waals surface area contributed by atoms with Crippen LogP contribution in [0.4, 0.5) is 22.0 Å². The summed E-state index contributed by atoms with van der Waals surface area (Å²) in [7, 11) is 0. The number of fused-ring (bicyclic) bond motifs is 2. The van der Waals surface area contributed by atoms with E-state index in [0.29, 0.717) is 18.4 Å². The van der Waals surface area contributed by atoms with Crippen molar-refractivity contribution in [3.63, 3.8) is 0 Å². The van der Waals surface area contributed by atoms with Gasteiger partial charge in [0.05, 0.1) is 28.9 Å². The Morgan fingerprint density at radius 2 is 1.59 bits per heavy atom. The van der Waals surface area contributed by atoms with Crippen LogP contribution >= 0.6 is 0 Å². The number of carbonyl (C=O) groups is 4. The van der Waals surface area contributed by atoms with Crippen molar-refractivity contribution in [3.05, 3.63) is 134 Å². The van der Waals surface area contributed by atoms with Gasteiger partial charge in [-0.25, -0.2) is 23.1 Å². The zero-order valence-corrected chi connectivity index (χ0v) is 29.5. The van der Waals surface area contributed by atoms with Gasteiger partial charge in [-0.3, -0.25) is 14.4 Å². The lowest BCUT2D eigenvalue weighted by Gasteiger charge is -2.21. The van der Waals surface area contributed by atoms with Crippen molar-refractivity contribution in [1.82, 2.24) is 25.2 Å². The second-order valence-electron chi connectivity index (χ2n) is 13.9. The molecule has 0 fully saturated rings. The number of rotatable bonds is 9. The van der Waals surface area contributed by atoms with Crippen molar-refractivity contribution in [3.8, 4) is 0 Å². The highest BCUT2D eigenvalue weighted by atomic mass is 19.4. The molecule has 0 saturated carbocycles. The Balaban J connectivity index is 1.31. The Labute approximate surface area is 305 Å². The summed E-state index contributed by atoms with van der Waals surface area (Å²) in [5.74, 6) is -4.72. The van der Waals surface area contributed by atoms with Gasteiger partial charge in [-0.1, -0.05) is 24.3 Å². The third-order valence-corrected chi connectivity index (χ3v) is 8.94. The zero-order valence-electron chi connectivity index (χ0n) is 29.5. The second-order valence-corrected chi connectivity index (χ2v) is 13.9.